The third-order valence-electron chi connectivity index (χ3n) is 2.03. The van der Waals surface area contributed by atoms with Gasteiger partial charge in [-0.1, -0.05) is 0 Å². The average Bonchev–Trinajstić information content (AvgIpc) is 2.16. The molecule has 0 aliphatic rings. The van der Waals surface area contributed by atoms with E-state index in [4.69, 9.17) is 5.73 Å². The number of carbonyl (C=O) groups is 2. The summed E-state index contributed by atoms with van der Waals surface area (Å²) in [6.07, 6.45) is 0. The second kappa shape index (κ2) is 4.95. The highest BCUT2D eigenvalue weighted by molar-refractivity contribution is 5.87. The van der Waals surface area contributed by atoms with Crippen molar-refractivity contribution in [2.75, 3.05) is 13.7 Å². The Hall–Kier alpha value is -1.10. The van der Waals surface area contributed by atoms with Crippen LogP contribution in [0.5, 0.6) is 0 Å². The van der Waals surface area contributed by atoms with E-state index >= 15 is 0 Å². The molecule has 0 fully saturated rings. The Kier molecular flexibility index (Phi) is 4.56. The van der Waals surface area contributed by atoms with Gasteiger partial charge in [-0.25, -0.2) is 4.79 Å². The van der Waals surface area contributed by atoms with E-state index in [2.05, 4.69) is 10.1 Å². The molecule has 0 saturated heterocycles. The van der Waals surface area contributed by atoms with Gasteiger partial charge in [0.2, 0.25) is 5.91 Å². The van der Waals surface area contributed by atoms with Crippen LogP contribution in [0.3, 0.4) is 0 Å². The van der Waals surface area contributed by atoms with Crippen molar-refractivity contribution in [3.05, 3.63) is 0 Å². The summed E-state index contributed by atoms with van der Waals surface area (Å²) in [5, 5.41) is 2.53. The Balaban J connectivity index is 4.26. The zero-order valence-corrected chi connectivity index (χ0v) is 9.09. The Labute approximate surface area is 84.0 Å². The Bertz CT molecular complexity index is 226. The number of hydrogen-bond acceptors (Lipinski definition) is 4. The van der Waals surface area contributed by atoms with E-state index in [0.717, 1.165) is 0 Å². The molecular weight excluding hydrogens is 184 g/mol. The molecule has 82 valence electrons. The van der Waals surface area contributed by atoms with E-state index in [9.17, 15) is 9.59 Å². The molecule has 0 heterocycles. The SMILES string of the molecule is COC(=O)C(C)NC(=O)C(C)(C)CN. The highest BCUT2D eigenvalue weighted by atomic mass is 16.5. The maximum Gasteiger partial charge on any atom is 0.328 e. The molecule has 3 N–H and O–H groups in total. The quantitative estimate of drug-likeness (QED) is 0.610. The summed E-state index contributed by atoms with van der Waals surface area (Å²) in [5.74, 6) is -0.718. The number of esters is 1. The van der Waals surface area contributed by atoms with E-state index in [1.807, 2.05) is 0 Å². The first-order chi connectivity index (χ1) is 6.35. The van der Waals surface area contributed by atoms with Crippen LogP contribution in [0.2, 0.25) is 0 Å². The van der Waals surface area contributed by atoms with Crippen molar-refractivity contribution in [1.29, 1.82) is 0 Å². The number of methoxy groups -OCH3 is 1. The van der Waals surface area contributed by atoms with Crippen molar-refractivity contribution in [3.8, 4) is 0 Å². The van der Waals surface area contributed by atoms with Gasteiger partial charge in [0.05, 0.1) is 12.5 Å². The second-order valence-electron chi connectivity index (χ2n) is 3.81. The first-order valence-corrected chi connectivity index (χ1v) is 4.44. The molecule has 0 bridgehead atoms. The number of carbonyl (C=O) groups excluding carboxylic acids is 2. The minimum absolute atomic E-state index is 0.229. The summed E-state index contributed by atoms with van der Waals surface area (Å²) in [6, 6.07) is -0.640. The van der Waals surface area contributed by atoms with Gasteiger partial charge in [0.15, 0.2) is 0 Å². The molecule has 0 aromatic rings. The van der Waals surface area contributed by atoms with Gasteiger partial charge in [0.1, 0.15) is 6.04 Å². The molecule has 0 aromatic heterocycles. The predicted molar refractivity (Wildman–Crippen MR) is 52.5 cm³/mol. The van der Waals surface area contributed by atoms with Crippen LogP contribution < -0.4 is 11.1 Å². The number of nitrogens with one attached hydrogen (secondary N) is 1. The molecule has 0 aliphatic carbocycles. The molecule has 1 amide bonds. The molecule has 0 aromatic carbocycles. The molecule has 5 heteroatoms. The van der Waals surface area contributed by atoms with Crippen molar-refractivity contribution in [3.63, 3.8) is 0 Å². The number of hydrogen-bond donors (Lipinski definition) is 2. The summed E-state index contributed by atoms with van der Waals surface area (Å²) < 4.78 is 4.47. The van der Waals surface area contributed by atoms with Gasteiger partial charge < -0.3 is 15.8 Å². The lowest BCUT2D eigenvalue weighted by Gasteiger charge is -2.23. The highest BCUT2D eigenvalue weighted by Gasteiger charge is 2.28. The fourth-order valence-corrected chi connectivity index (χ4v) is 0.720. The van der Waals surface area contributed by atoms with Crippen LogP contribution >= 0.6 is 0 Å². The summed E-state index contributed by atoms with van der Waals surface area (Å²) in [7, 11) is 1.28. The normalized spacial score (nSPS) is 13.2. The molecule has 0 rings (SSSR count). The molecule has 0 radical (unpaired) electrons. The smallest absolute Gasteiger partial charge is 0.328 e. The maximum absolute atomic E-state index is 11.5. The lowest BCUT2D eigenvalue weighted by molar-refractivity contribution is -0.145. The Morgan fingerprint density at radius 2 is 2.00 bits per heavy atom. The van der Waals surface area contributed by atoms with Gasteiger partial charge >= 0.3 is 5.97 Å². The van der Waals surface area contributed by atoms with Gasteiger partial charge in [-0.05, 0) is 20.8 Å². The Morgan fingerprint density at radius 1 is 1.50 bits per heavy atom. The topological polar surface area (TPSA) is 81.4 Å². The molecule has 1 unspecified atom stereocenters. The first kappa shape index (κ1) is 12.9. The number of ether oxygens (including phenoxy) is 1. The van der Waals surface area contributed by atoms with Crippen molar-refractivity contribution in [2.24, 2.45) is 11.1 Å². The van der Waals surface area contributed by atoms with Crippen LogP contribution in [0, 0.1) is 5.41 Å². The van der Waals surface area contributed by atoms with E-state index in [1.54, 1.807) is 20.8 Å². The largest absolute Gasteiger partial charge is 0.467 e. The first-order valence-electron chi connectivity index (χ1n) is 4.44. The summed E-state index contributed by atoms with van der Waals surface area (Å²) in [5.41, 5.74) is 4.75. The molecule has 0 saturated carbocycles. The van der Waals surface area contributed by atoms with Crippen LogP contribution in [0.4, 0.5) is 0 Å². The fourth-order valence-electron chi connectivity index (χ4n) is 0.720. The van der Waals surface area contributed by atoms with E-state index in [-0.39, 0.29) is 12.5 Å². The summed E-state index contributed by atoms with van der Waals surface area (Å²) in [4.78, 5) is 22.5. The van der Waals surface area contributed by atoms with E-state index < -0.39 is 17.4 Å². The van der Waals surface area contributed by atoms with Gasteiger partial charge in [-0.2, -0.15) is 0 Å². The minimum Gasteiger partial charge on any atom is -0.467 e. The third-order valence-corrected chi connectivity index (χ3v) is 2.03. The molecule has 0 aliphatic heterocycles. The highest BCUT2D eigenvalue weighted by Crippen LogP contribution is 2.12. The lowest BCUT2D eigenvalue weighted by Crippen LogP contribution is -2.48. The zero-order chi connectivity index (χ0) is 11.4. The number of rotatable bonds is 4. The van der Waals surface area contributed by atoms with Gasteiger partial charge in [-0.15, -0.1) is 0 Å². The summed E-state index contributed by atoms with van der Waals surface area (Å²) >= 11 is 0. The fraction of sp³-hybridized carbons (Fsp3) is 0.778. The lowest BCUT2D eigenvalue weighted by atomic mass is 9.92. The summed E-state index contributed by atoms with van der Waals surface area (Å²) in [6.45, 7) is 5.22. The van der Waals surface area contributed by atoms with Gasteiger partial charge in [0.25, 0.3) is 0 Å². The average molecular weight is 202 g/mol. The molecule has 5 nitrogen and oxygen atoms in total. The monoisotopic (exact) mass is 202 g/mol. The van der Waals surface area contributed by atoms with Crippen LogP contribution in [0.15, 0.2) is 0 Å². The maximum atomic E-state index is 11.5. The van der Waals surface area contributed by atoms with Crippen molar-refractivity contribution in [1.82, 2.24) is 5.32 Å². The molecule has 1 atom stereocenters. The standard InChI is InChI=1S/C9H18N2O3/c1-6(7(12)14-4)11-8(13)9(2,3)5-10/h6H,5,10H2,1-4H3,(H,11,13). The molecular formula is C9H18N2O3. The molecule has 14 heavy (non-hydrogen) atoms. The third kappa shape index (κ3) is 3.33. The van der Waals surface area contributed by atoms with Crippen LogP contribution in [-0.4, -0.2) is 31.6 Å². The van der Waals surface area contributed by atoms with E-state index in [1.165, 1.54) is 7.11 Å². The Morgan fingerprint density at radius 3 is 2.36 bits per heavy atom. The number of nitrogens with two attached hydrogens (primary N) is 1. The number of amides is 1. The van der Waals surface area contributed by atoms with Crippen molar-refractivity contribution in [2.45, 2.75) is 26.8 Å². The van der Waals surface area contributed by atoms with Crippen molar-refractivity contribution >= 4 is 11.9 Å². The van der Waals surface area contributed by atoms with Crippen LogP contribution in [0.25, 0.3) is 0 Å². The van der Waals surface area contributed by atoms with E-state index in [0.29, 0.717) is 0 Å². The van der Waals surface area contributed by atoms with Crippen LogP contribution in [-0.2, 0) is 14.3 Å². The van der Waals surface area contributed by atoms with Gasteiger partial charge in [-0.3, -0.25) is 4.79 Å². The second-order valence-corrected chi connectivity index (χ2v) is 3.81. The van der Waals surface area contributed by atoms with Crippen LogP contribution in [0.1, 0.15) is 20.8 Å². The van der Waals surface area contributed by atoms with Gasteiger partial charge in [0, 0.05) is 6.54 Å². The minimum atomic E-state index is -0.664. The zero-order valence-electron chi connectivity index (χ0n) is 9.09. The van der Waals surface area contributed by atoms with Crippen molar-refractivity contribution < 1.29 is 14.3 Å². The predicted octanol–water partition coefficient (Wildman–Crippen LogP) is -0.351. The molecule has 0 spiro atoms.